The molecule has 0 aliphatic carbocycles. The second-order valence-electron chi connectivity index (χ2n) is 6.09. The number of nitro groups is 1. The van der Waals surface area contributed by atoms with Crippen molar-refractivity contribution in [3.63, 3.8) is 0 Å². The lowest BCUT2D eigenvalue weighted by atomic mass is 9.99. The van der Waals surface area contributed by atoms with Gasteiger partial charge in [-0.3, -0.25) is 19.7 Å². The number of non-ortho nitro benzene ring substituents is 1. The SMILES string of the molecule is O=C(/C(=C/c1ccc(-c2cccc([N+](=O)[O-])c2)o1)C(=O)C(F)(F)F)c1ccccc1. The van der Waals surface area contributed by atoms with Crippen LogP contribution in [0.3, 0.4) is 0 Å². The molecule has 1 heterocycles. The van der Waals surface area contributed by atoms with E-state index < -0.39 is 28.2 Å². The van der Waals surface area contributed by atoms with Crippen LogP contribution in [-0.2, 0) is 4.79 Å². The molecule has 2 aromatic carbocycles. The Morgan fingerprint density at radius 1 is 0.967 bits per heavy atom. The van der Waals surface area contributed by atoms with Crippen LogP contribution in [0, 0.1) is 10.1 Å². The smallest absolute Gasteiger partial charge is 0.455 e. The van der Waals surface area contributed by atoms with Crippen LogP contribution in [0.4, 0.5) is 18.9 Å². The van der Waals surface area contributed by atoms with Crippen LogP contribution in [0.25, 0.3) is 17.4 Å². The minimum Gasteiger partial charge on any atom is -0.457 e. The number of nitrogens with zero attached hydrogens (tertiary/aromatic N) is 1. The van der Waals surface area contributed by atoms with E-state index in [1.54, 1.807) is 6.07 Å². The molecule has 9 heteroatoms. The maximum Gasteiger partial charge on any atom is 0.455 e. The molecule has 0 radical (unpaired) electrons. The largest absolute Gasteiger partial charge is 0.457 e. The van der Waals surface area contributed by atoms with Gasteiger partial charge in [0.1, 0.15) is 11.5 Å². The molecule has 0 aliphatic heterocycles. The quantitative estimate of drug-likeness (QED) is 0.137. The molecule has 0 N–H and O–H groups in total. The Bertz CT molecular complexity index is 1150. The second kappa shape index (κ2) is 8.16. The normalized spacial score (nSPS) is 11.9. The lowest BCUT2D eigenvalue weighted by Crippen LogP contribution is -2.28. The Morgan fingerprint density at radius 2 is 1.67 bits per heavy atom. The third-order valence-corrected chi connectivity index (χ3v) is 4.04. The van der Waals surface area contributed by atoms with E-state index in [-0.39, 0.29) is 22.8 Å². The fraction of sp³-hybridized carbons (Fsp3) is 0.0476. The zero-order valence-corrected chi connectivity index (χ0v) is 15.1. The van der Waals surface area contributed by atoms with E-state index in [1.807, 2.05) is 0 Å². The number of carbonyl (C=O) groups is 2. The number of halogens is 3. The summed E-state index contributed by atoms with van der Waals surface area (Å²) in [6.45, 7) is 0. The van der Waals surface area contributed by atoms with Crippen molar-refractivity contribution in [2.24, 2.45) is 0 Å². The summed E-state index contributed by atoms with van der Waals surface area (Å²) in [6.07, 6.45) is -4.54. The molecule has 0 aliphatic rings. The van der Waals surface area contributed by atoms with Gasteiger partial charge >= 0.3 is 6.18 Å². The van der Waals surface area contributed by atoms with Crippen molar-refractivity contribution in [2.75, 3.05) is 0 Å². The molecule has 0 amide bonds. The number of Topliss-reactive ketones (excluding diaryl/α,β-unsaturated/α-hetero) is 2. The Kier molecular flexibility index (Phi) is 5.63. The van der Waals surface area contributed by atoms with Gasteiger partial charge in [0.2, 0.25) is 0 Å². The Hall–Kier alpha value is -4.01. The van der Waals surface area contributed by atoms with E-state index in [0.717, 1.165) is 0 Å². The van der Waals surface area contributed by atoms with Gasteiger partial charge in [-0.1, -0.05) is 42.5 Å². The van der Waals surface area contributed by atoms with Crippen LogP contribution in [-0.4, -0.2) is 22.7 Å². The molecule has 1 aromatic heterocycles. The molecule has 0 spiro atoms. The standard InChI is InChI=1S/C21H12F3NO5/c22-21(23,24)20(27)17(19(26)13-5-2-1-3-6-13)12-16-9-10-18(30-16)14-7-4-8-15(11-14)25(28)29/h1-12H/b17-12-. The van der Waals surface area contributed by atoms with Crippen molar-refractivity contribution < 1.29 is 32.1 Å². The van der Waals surface area contributed by atoms with Crippen molar-refractivity contribution in [3.8, 4) is 11.3 Å². The Morgan fingerprint density at radius 3 is 2.30 bits per heavy atom. The molecule has 0 saturated carbocycles. The third-order valence-electron chi connectivity index (χ3n) is 4.04. The third kappa shape index (κ3) is 4.52. The van der Waals surface area contributed by atoms with Crippen molar-refractivity contribution in [2.45, 2.75) is 6.18 Å². The molecule has 0 unspecified atom stereocenters. The van der Waals surface area contributed by atoms with Crippen LogP contribution in [0.5, 0.6) is 0 Å². The molecule has 6 nitrogen and oxygen atoms in total. The molecule has 0 fully saturated rings. The number of benzene rings is 2. The fourth-order valence-corrected chi connectivity index (χ4v) is 2.63. The number of nitro benzene ring substituents is 1. The molecular weight excluding hydrogens is 403 g/mol. The van der Waals surface area contributed by atoms with Crippen LogP contribution in [0.1, 0.15) is 16.1 Å². The summed E-state index contributed by atoms with van der Waals surface area (Å²) in [7, 11) is 0. The number of furan rings is 1. The summed E-state index contributed by atoms with van der Waals surface area (Å²) < 4.78 is 44.5. The fourth-order valence-electron chi connectivity index (χ4n) is 2.63. The van der Waals surface area contributed by atoms with E-state index in [9.17, 15) is 32.9 Å². The first-order valence-electron chi connectivity index (χ1n) is 8.44. The summed E-state index contributed by atoms with van der Waals surface area (Å²) >= 11 is 0. The second-order valence-corrected chi connectivity index (χ2v) is 6.09. The van der Waals surface area contributed by atoms with Gasteiger partial charge in [0.15, 0.2) is 5.78 Å². The van der Waals surface area contributed by atoms with Gasteiger partial charge in [0.05, 0.1) is 10.5 Å². The lowest BCUT2D eigenvalue weighted by Gasteiger charge is -2.08. The first kappa shape index (κ1) is 20.7. The number of hydrogen-bond donors (Lipinski definition) is 0. The molecule has 0 bridgehead atoms. The van der Waals surface area contributed by atoms with E-state index in [4.69, 9.17) is 4.42 Å². The van der Waals surface area contributed by atoms with Crippen molar-refractivity contribution in [1.82, 2.24) is 0 Å². The van der Waals surface area contributed by atoms with E-state index >= 15 is 0 Å². The summed E-state index contributed by atoms with van der Waals surface area (Å²) in [4.78, 5) is 34.7. The number of alkyl halides is 3. The van der Waals surface area contributed by atoms with Crippen LogP contribution < -0.4 is 0 Å². The van der Waals surface area contributed by atoms with Crippen LogP contribution in [0.15, 0.2) is 76.7 Å². The van der Waals surface area contributed by atoms with Crippen LogP contribution in [0.2, 0.25) is 0 Å². The summed E-state index contributed by atoms with van der Waals surface area (Å²) in [5, 5.41) is 10.9. The van der Waals surface area contributed by atoms with Crippen molar-refractivity contribution in [3.05, 3.63) is 93.7 Å². The number of rotatable bonds is 6. The highest BCUT2D eigenvalue weighted by Gasteiger charge is 2.43. The highest BCUT2D eigenvalue weighted by atomic mass is 19.4. The zero-order chi connectivity index (χ0) is 21.9. The van der Waals surface area contributed by atoms with Gasteiger partial charge in [-0.2, -0.15) is 13.2 Å². The number of hydrogen-bond acceptors (Lipinski definition) is 5. The highest BCUT2D eigenvalue weighted by Crippen LogP contribution is 2.29. The van der Waals surface area contributed by atoms with Crippen LogP contribution >= 0.6 is 0 Å². The number of allylic oxidation sites excluding steroid dienone is 1. The van der Waals surface area contributed by atoms with Gasteiger partial charge in [0.25, 0.3) is 11.5 Å². The average Bonchev–Trinajstić information content (AvgIpc) is 3.20. The van der Waals surface area contributed by atoms with Gasteiger partial charge < -0.3 is 4.42 Å². The Labute approximate surface area is 167 Å². The van der Waals surface area contributed by atoms with Crippen molar-refractivity contribution in [1.29, 1.82) is 0 Å². The lowest BCUT2D eigenvalue weighted by molar-refractivity contribution is -0.384. The molecule has 3 aromatic rings. The minimum atomic E-state index is -5.26. The maximum absolute atomic E-state index is 13.0. The minimum absolute atomic E-state index is 0.0909. The highest BCUT2D eigenvalue weighted by molar-refractivity contribution is 6.30. The summed E-state index contributed by atoms with van der Waals surface area (Å²) in [6, 6.07) is 15.1. The molecule has 3 rings (SSSR count). The molecule has 152 valence electrons. The van der Waals surface area contributed by atoms with Gasteiger partial charge in [-0.25, -0.2) is 0 Å². The van der Waals surface area contributed by atoms with E-state index in [1.165, 1.54) is 60.7 Å². The average molecular weight is 415 g/mol. The first-order valence-corrected chi connectivity index (χ1v) is 8.44. The maximum atomic E-state index is 13.0. The van der Waals surface area contributed by atoms with Gasteiger partial charge in [-0.05, 0) is 18.2 Å². The topological polar surface area (TPSA) is 90.4 Å². The molecule has 30 heavy (non-hydrogen) atoms. The zero-order valence-electron chi connectivity index (χ0n) is 15.1. The van der Waals surface area contributed by atoms with Gasteiger partial charge in [0, 0.05) is 23.3 Å². The van der Waals surface area contributed by atoms with E-state index in [2.05, 4.69) is 0 Å². The predicted molar refractivity (Wildman–Crippen MR) is 101 cm³/mol. The summed E-state index contributed by atoms with van der Waals surface area (Å²) in [5.41, 5.74) is -1.09. The first-order chi connectivity index (χ1) is 14.2. The Balaban J connectivity index is 2.02. The molecular formula is C21H12F3NO5. The number of carbonyl (C=O) groups excluding carboxylic acids is 2. The number of ketones is 2. The summed E-state index contributed by atoms with van der Waals surface area (Å²) in [5.74, 6) is -3.47. The monoisotopic (exact) mass is 415 g/mol. The van der Waals surface area contributed by atoms with Crippen molar-refractivity contribution >= 4 is 23.3 Å². The predicted octanol–water partition coefficient (Wildman–Crippen LogP) is 5.25. The molecule has 0 atom stereocenters. The molecule has 0 saturated heterocycles. The van der Waals surface area contributed by atoms with E-state index in [0.29, 0.717) is 11.6 Å². The van der Waals surface area contributed by atoms with Gasteiger partial charge in [-0.15, -0.1) is 0 Å².